The van der Waals surface area contributed by atoms with Crippen molar-refractivity contribution in [2.24, 2.45) is 7.05 Å². The molecule has 6 nitrogen and oxygen atoms in total. The largest absolute Gasteiger partial charge is 0.463 e. The van der Waals surface area contributed by atoms with Crippen molar-refractivity contribution in [3.8, 4) is 0 Å². The minimum atomic E-state index is -0.964. The van der Waals surface area contributed by atoms with Gasteiger partial charge in [0.2, 0.25) is 0 Å². The molecule has 0 aliphatic carbocycles. The van der Waals surface area contributed by atoms with E-state index in [4.69, 9.17) is 9.15 Å². The minimum Gasteiger partial charge on any atom is -0.463 e. The lowest BCUT2D eigenvalue weighted by Crippen LogP contribution is -2.35. The van der Waals surface area contributed by atoms with Crippen LogP contribution in [0.5, 0.6) is 0 Å². The SMILES string of the molecule is CC(OC(=O)c1cc2occc2n1C)C(=O)NCc1ccc(F)cc1. The molecule has 0 spiro atoms. The van der Waals surface area contributed by atoms with Crippen LogP contribution in [0.4, 0.5) is 4.39 Å². The number of carbonyl (C=O) groups excluding carboxylic acids is 2. The monoisotopic (exact) mass is 344 g/mol. The number of nitrogens with zero attached hydrogens (tertiary/aromatic N) is 1. The molecule has 7 heteroatoms. The molecule has 1 unspecified atom stereocenters. The van der Waals surface area contributed by atoms with Gasteiger partial charge in [-0.05, 0) is 24.6 Å². The Balaban J connectivity index is 1.58. The third kappa shape index (κ3) is 3.55. The molecule has 1 atom stereocenters. The van der Waals surface area contributed by atoms with E-state index >= 15 is 0 Å². The van der Waals surface area contributed by atoms with Crippen LogP contribution < -0.4 is 5.32 Å². The van der Waals surface area contributed by atoms with Gasteiger partial charge < -0.3 is 19.0 Å². The van der Waals surface area contributed by atoms with E-state index in [9.17, 15) is 14.0 Å². The highest BCUT2D eigenvalue weighted by Crippen LogP contribution is 2.20. The molecular formula is C18H17FN2O4. The molecule has 3 rings (SSSR count). The van der Waals surface area contributed by atoms with Crippen LogP contribution in [0.25, 0.3) is 11.1 Å². The number of fused-ring (bicyclic) bond motifs is 1. The Hall–Kier alpha value is -3.09. The van der Waals surface area contributed by atoms with E-state index in [0.717, 1.165) is 11.1 Å². The molecule has 1 aromatic carbocycles. The van der Waals surface area contributed by atoms with Gasteiger partial charge in [0.05, 0.1) is 11.8 Å². The summed E-state index contributed by atoms with van der Waals surface area (Å²) in [7, 11) is 1.72. The number of halogens is 1. The average molecular weight is 344 g/mol. The standard InChI is InChI=1S/C18H17FN2O4/c1-11(17(22)20-10-12-3-5-13(19)6-4-12)25-18(23)15-9-16-14(21(15)2)7-8-24-16/h3-9,11H,10H2,1-2H3,(H,20,22). The van der Waals surface area contributed by atoms with Crippen LogP contribution in [0.2, 0.25) is 0 Å². The van der Waals surface area contributed by atoms with Gasteiger partial charge in [0.25, 0.3) is 5.91 Å². The third-order valence-corrected chi connectivity index (χ3v) is 3.91. The van der Waals surface area contributed by atoms with Crippen molar-refractivity contribution in [3.63, 3.8) is 0 Å². The second kappa shape index (κ2) is 6.80. The number of hydrogen-bond acceptors (Lipinski definition) is 4. The van der Waals surface area contributed by atoms with Crippen molar-refractivity contribution >= 4 is 23.0 Å². The molecule has 0 aliphatic heterocycles. The summed E-state index contributed by atoms with van der Waals surface area (Å²) in [6.45, 7) is 1.71. The molecule has 0 fully saturated rings. The van der Waals surface area contributed by atoms with E-state index in [0.29, 0.717) is 11.3 Å². The molecule has 130 valence electrons. The second-order valence-corrected chi connectivity index (χ2v) is 5.65. The molecule has 0 aliphatic rings. The van der Waals surface area contributed by atoms with Gasteiger partial charge in [0.1, 0.15) is 11.5 Å². The predicted octanol–water partition coefficient (Wildman–Crippen LogP) is 2.77. The van der Waals surface area contributed by atoms with E-state index in [1.165, 1.54) is 25.3 Å². The van der Waals surface area contributed by atoms with Gasteiger partial charge in [0, 0.05) is 25.7 Å². The summed E-state index contributed by atoms with van der Waals surface area (Å²) in [5.74, 6) is -1.39. The Morgan fingerprint density at radius 2 is 2.00 bits per heavy atom. The quantitative estimate of drug-likeness (QED) is 0.722. The van der Waals surface area contributed by atoms with Crippen molar-refractivity contribution in [2.45, 2.75) is 19.6 Å². The highest BCUT2D eigenvalue weighted by atomic mass is 19.1. The first-order chi connectivity index (χ1) is 12.0. The number of aromatic nitrogens is 1. The molecule has 1 N–H and O–H groups in total. The summed E-state index contributed by atoms with van der Waals surface area (Å²) in [4.78, 5) is 24.3. The molecular weight excluding hydrogens is 327 g/mol. The Morgan fingerprint density at radius 3 is 2.68 bits per heavy atom. The highest BCUT2D eigenvalue weighted by molar-refractivity contribution is 5.95. The molecule has 0 bridgehead atoms. The van der Waals surface area contributed by atoms with Crippen LogP contribution >= 0.6 is 0 Å². The molecule has 1 amide bonds. The van der Waals surface area contributed by atoms with E-state index in [2.05, 4.69) is 5.32 Å². The predicted molar refractivity (Wildman–Crippen MR) is 88.3 cm³/mol. The minimum absolute atomic E-state index is 0.220. The van der Waals surface area contributed by atoms with Gasteiger partial charge in [0.15, 0.2) is 11.7 Å². The summed E-state index contributed by atoms with van der Waals surface area (Å²) in [5, 5.41) is 2.65. The first-order valence-electron chi connectivity index (χ1n) is 7.72. The van der Waals surface area contributed by atoms with Crippen molar-refractivity contribution in [1.82, 2.24) is 9.88 Å². The molecule has 0 saturated carbocycles. The van der Waals surface area contributed by atoms with Gasteiger partial charge in [-0.1, -0.05) is 12.1 Å². The van der Waals surface area contributed by atoms with Crippen LogP contribution in [0, 0.1) is 5.82 Å². The van der Waals surface area contributed by atoms with Crippen LogP contribution in [-0.4, -0.2) is 22.5 Å². The van der Waals surface area contributed by atoms with Gasteiger partial charge in [-0.3, -0.25) is 4.79 Å². The first-order valence-corrected chi connectivity index (χ1v) is 7.72. The molecule has 0 radical (unpaired) electrons. The number of rotatable bonds is 5. The number of aryl methyl sites for hydroxylation is 1. The lowest BCUT2D eigenvalue weighted by molar-refractivity contribution is -0.129. The molecule has 3 aromatic rings. The zero-order valence-corrected chi connectivity index (χ0v) is 13.8. The van der Waals surface area contributed by atoms with E-state index < -0.39 is 18.0 Å². The second-order valence-electron chi connectivity index (χ2n) is 5.65. The number of esters is 1. The van der Waals surface area contributed by atoms with Gasteiger partial charge in [-0.15, -0.1) is 0 Å². The Labute approximate surface area is 143 Å². The van der Waals surface area contributed by atoms with Gasteiger partial charge in [-0.25, -0.2) is 9.18 Å². The van der Waals surface area contributed by atoms with E-state index in [-0.39, 0.29) is 12.4 Å². The van der Waals surface area contributed by atoms with Crippen molar-refractivity contribution in [1.29, 1.82) is 0 Å². The lowest BCUT2D eigenvalue weighted by Gasteiger charge is -2.14. The fourth-order valence-electron chi connectivity index (χ4n) is 2.46. The highest BCUT2D eigenvalue weighted by Gasteiger charge is 2.22. The Morgan fingerprint density at radius 1 is 1.28 bits per heavy atom. The van der Waals surface area contributed by atoms with Crippen molar-refractivity contribution in [2.75, 3.05) is 0 Å². The fourth-order valence-corrected chi connectivity index (χ4v) is 2.46. The zero-order valence-electron chi connectivity index (χ0n) is 13.8. The summed E-state index contributed by atoms with van der Waals surface area (Å²) in [6, 6.07) is 9.09. The number of nitrogens with one attached hydrogen (secondary N) is 1. The maximum atomic E-state index is 12.9. The number of benzene rings is 1. The summed E-state index contributed by atoms with van der Waals surface area (Å²) in [6.07, 6.45) is 0.569. The zero-order chi connectivity index (χ0) is 18.0. The summed E-state index contributed by atoms with van der Waals surface area (Å²) in [5.41, 5.74) is 2.38. The summed E-state index contributed by atoms with van der Waals surface area (Å²) >= 11 is 0. The van der Waals surface area contributed by atoms with Gasteiger partial charge >= 0.3 is 5.97 Å². The molecule has 25 heavy (non-hydrogen) atoms. The number of ether oxygens (including phenoxy) is 1. The molecule has 0 saturated heterocycles. The normalized spacial score (nSPS) is 12.1. The Bertz CT molecular complexity index is 911. The average Bonchev–Trinajstić information content (AvgIpc) is 3.17. The van der Waals surface area contributed by atoms with Crippen LogP contribution in [0.3, 0.4) is 0 Å². The summed E-state index contributed by atoms with van der Waals surface area (Å²) < 4.78 is 24.9. The van der Waals surface area contributed by atoms with Crippen LogP contribution in [0.15, 0.2) is 47.1 Å². The van der Waals surface area contributed by atoms with Gasteiger partial charge in [-0.2, -0.15) is 0 Å². The molecule has 2 heterocycles. The van der Waals surface area contributed by atoms with Crippen molar-refractivity contribution in [3.05, 3.63) is 59.7 Å². The van der Waals surface area contributed by atoms with Crippen molar-refractivity contribution < 1.29 is 23.1 Å². The topological polar surface area (TPSA) is 73.5 Å². The number of hydrogen-bond donors (Lipinski definition) is 1. The molecule has 2 aromatic heterocycles. The maximum absolute atomic E-state index is 12.9. The maximum Gasteiger partial charge on any atom is 0.355 e. The number of carbonyl (C=O) groups is 2. The third-order valence-electron chi connectivity index (χ3n) is 3.91. The lowest BCUT2D eigenvalue weighted by atomic mass is 10.2. The van der Waals surface area contributed by atoms with E-state index in [1.54, 1.807) is 35.9 Å². The number of furan rings is 1. The van der Waals surface area contributed by atoms with Crippen LogP contribution in [-0.2, 0) is 23.1 Å². The van der Waals surface area contributed by atoms with Crippen LogP contribution in [0.1, 0.15) is 23.0 Å². The van der Waals surface area contributed by atoms with E-state index in [1.807, 2.05) is 0 Å². The fraction of sp³-hybridized carbons (Fsp3) is 0.222. The first kappa shape index (κ1) is 16.8. The Kier molecular flexibility index (Phi) is 4.56. The number of amides is 1. The smallest absolute Gasteiger partial charge is 0.355 e.